The predicted octanol–water partition coefficient (Wildman–Crippen LogP) is 2.79. The molecule has 2 aromatic carbocycles. The maximum Gasteiger partial charge on any atom is 0.242 e. The molecule has 0 spiro atoms. The first kappa shape index (κ1) is 15.9. The minimum absolute atomic E-state index is 0.175. The predicted molar refractivity (Wildman–Crippen MR) is 78.9 cm³/mol. The maximum absolute atomic E-state index is 13.5. The number of hydrogen-bond acceptors (Lipinski definition) is 3. The van der Waals surface area contributed by atoms with Crippen molar-refractivity contribution in [1.29, 1.82) is 0 Å². The summed E-state index contributed by atoms with van der Waals surface area (Å²) in [5, 5.41) is 0. The summed E-state index contributed by atoms with van der Waals surface area (Å²) in [6.45, 7) is -0.246. The molecule has 112 valence electrons. The van der Waals surface area contributed by atoms with Gasteiger partial charge >= 0.3 is 0 Å². The fourth-order valence-electron chi connectivity index (χ4n) is 1.69. The van der Waals surface area contributed by atoms with Crippen molar-refractivity contribution in [2.24, 2.45) is 0 Å². The van der Waals surface area contributed by atoms with Crippen LogP contribution in [0.3, 0.4) is 0 Å². The van der Waals surface area contributed by atoms with Crippen LogP contribution in [0.25, 0.3) is 0 Å². The molecule has 2 aromatic rings. The largest absolute Gasteiger partial charge is 0.398 e. The summed E-state index contributed by atoms with van der Waals surface area (Å²) in [5.74, 6) is -1.17. The van der Waals surface area contributed by atoms with Crippen LogP contribution in [0.1, 0.15) is 5.56 Å². The van der Waals surface area contributed by atoms with Crippen LogP contribution < -0.4 is 10.5 Å². The molecular weight excluding hydrogens is 366 g/mol. The number of nitrogen functional groups attached to an aromatic ring is 1. The van der Waals surface area contributed by atoms with Crippen molar-refractivity contribution >= 4 is 31.6 Å². The topological polar surface area (TPSA) is 72.2 Å². The Labute approximate surface area is 129 Å². The van der Waals surface area contributed by atoms with Gasteiger partial charge in [0.2, 0.25) is 10.0 Å². The first-order valence-electron chi connectivity index (χ1n) is 5.78. The van der Waals surface area contributed by atoms with Gasteiger partial charge in [-0.2, -0.15) is 0 Å². The third-order valence-corrected chi connectivity index (χ3v) is 4.69. The smallest absolute Gasteiger partial charge is 0.242 e. The highest BCUT2D eigenvalue weighted by atomic mass is 79.9. The quantitative estimate of drug-likeness (QED) is 0.805. The Hall–Kier alpha value is -1.51. The van der Waals surface area contributed by atoms with E-state index in [0.29, 0.717) is 4.47 Å². The second-order valence-corrected chi connectivity index (χ2v) is 6.89. The van der Waals surface area contributed by atoms with Crippen LogP contribution in [-0.4, -0.2) is 8.42 Å². The van der Waals surface area contributed by atoms with Crippen molar-refractivity contribution < 1.29 is 17.2 Å². The van der Waals surface area contributed by atoms with Gasteiger partial charge in [-0.15, -0.1) is 0 Å². The van der Waals surface area contributed by atoms with Crippen molar-refractivity contribution in [2.75, 3.05) is 5.73 Å². The second-order valence-electron chi connectivity index (χ2n) is 4.24. The zero-order valence-electron chi connectivity index (χ0n) is 10.6. The van der Waals surface area contributed by atoms with Crippen LogP contribution in [0.15, 0.2) is 45.8 Å². The second kappa shape index (κ2) is 6.08. The zero-order chi connectivity index (χ0) is 15.6. The van der Waals surface area contributed by atoms with Gasteiger partial charge in [-0.25, -0.2) is 21.9 Å². The number of hydrogen-bond donors (Lipinski definition) is 2. The Morgan fingerprint density at radius 2 is 1.86 bits per heavy atom. The number of halogens is 3. The van der Waals surface area contributed by atoms with E-state index < -0.39 is 21.7 Å². The summed E-state index contributed by atoms with van der Waals surface area (Å²) >= 11 is 3.18. The van der Waals surface area contributed by atoms with Crippen LogP contribution >= 0.6 is 15.9 Å². The summed E-state index contributed by atoms with van der Waals surface area (Å²) in [5.41, 5.74) is 5.45. The van der Waals surface area contributed by atoms with Crippen molar-refractivity contribution in [1.82, 2.24) is 4.72 Å². The molecule has 0 amide bonds. The number of benzene rings is 2. The molecular formula is C13H11BrF2N2O2S. The maximum atomic E-state index is 13.5. The third kappa shape index (κ3) is 3.78. The Balaban J connectivity index is 2.24. The molecule has 3 N–H and O–H groups in total. The molecule has 4 nitrogen and oxygen atoms in total. The van der Waals surface area contributed by atoms with E-state index in [-0.39, 0.29) is 22.7 Å². The van der Waals surface area contributed by atoms with Crippen LogP contribution in [0.2, 0.25) is 0 Å². The zero-order valence-corrected chi connectivity index (χ0v) is 13.0. The summed E-state index contributed by atoms with van der Waals surface area (Å²) in [6, 6.07) is 7.15. The monoisotopic (exact) mass is 376 g/mol. The molecule has 0 aromatic heterocycles. The van der Waals surface area contributed by atoms with Crippen LogP contribution in [0.5, 0.6) is 0 Å². The lowest BCUT2D eigenvalue weighted by Crippen LogP contribution is -2.24. The first-order chi connectivity index (χ1) is 9.79. The molecule has 0 bridgehead atoms. The molecule has 8 heteroatoms. The molecule has 0 atom stereocenters. The number of nitrogens with one attached hydrogen (secondary N) is 1. The Morgan fingerprint density at radius 3 is 2.52 bits per heavy atom. The van der Waals surface area contributed by atoms with Crippen LogP contribution in [0, 0.1) is 11.6 Å². The van der Waals surface area contributed by atoms with Gasteiger partial charge in [0, 0.05) is 16.6 Å². The van der Waals surface area contributed by atoms with Gasteiger partial charge in [-0.3, -0.25) is 0 Å². The molecule has 0 unspecified atom stereocenters. The lowest BCUT2D eigenvalue weighted by molar-refractivity contribution is 0.574. The van der Waals surface area contributed by atoms with E-state index in [1.54, 1.807) is 0 Å². The van der Waals surface area contributed by atoms with Gasteiger partial charge in [0.25, 0.3) is 0 Å². The minimum atomic E-state index is -3.96. The number of nitrogens with two attached hydrogens (primary N) is 1. The summed E-state index contributed by atoms with van der Waals surface area (Å²) in [4.78, 5) is -0.251. The molecule has 0 fully saturated rings. The van der Waals surface area contributed by atoms with Gasteiger partial charge in [0.15, 0.2) is 0 Å². The highest BCUT2D eigenvalue weighted by Gasteiger charge is 2.18. The minimum Gasteiger partial charge on any atom is -0.398 e. The summed E-state index contributed by atoms with van der Waals surface area (Å²) in [6.07, 6.45) is 0. The third-order valence-electron chi connectivity index (χ3n) is 2.72. The van der Waals surface area contributed by atoms with Gasteiger partial charge in [-0.05, 0) is 36.4 Å². The fraction of sp³-hybridized carbons (Fsp3) is 0.0769. The Bertz CT molecular complexity index is 782. The first-order valence-corrected chi connectivity index (χ1v) is 8.06. The normalized spacial score (nSPS) is 11.6. The lowest BCUT2D eigenvalue weighted by Gasteiger charge is -2.10. The van der Waals surface area contributed by atoms with Crippen LogP contribution in [0.4, 0.5) is 14.5 Å². The van der Waals surface area contributed by atoms with E-state index in [1.807, 2.05) is 0 Å². The summed E-state index contributed by atoms with van der Waals surface area (Å²) < 4.78 is 53.5. The SMILES string of the molecule is Nc1cc(F)ccc1S(=O)(=O)NCc1cc(Br)ccc1F. The van der Waals surface area contributed by atoms with Crippen LogP contribution in [-0.2, 0) is 16.6 Å². The van der Waals surface area contributed by atoms with Gasteiger partial charge in [-0.1, -0.05) is 15.9 Å². The van der Waals surface area contributed by atoms with Gasteiger partial charge < -0.3 is 5.73 Å². The molecule has 0 heterocycles. The van der Waals surface area contributed by atoms with Crippen molar-refractivity contribution in [3.05, 3.63) is 58.1 Å². The molecule has 0 aliphatic rings. The molecule has 0 saturated heterocycles. The molecule has 0 saturated carbocycles. The molecule has 0 radical (unpaired) electrons. The highest BCUT2D eigenvalue weighted by molar-refractivity contribution is 9.10. The lowest BCUT2D eigenvalue weighted by atomic mass is 10.2. The van der Waals surface area contributed by atoms with E-state index in [4.69, 9.17) is 5.73 Å². The van der Waals surface area contributed by atoms with Crippen molar-refractivity contribution in [3.8, 4) is 0 Å². The standard InChI is InChI=1S/C13H11BrF2N2O2S/c14-9-1-3-11(16)8(5-9)7-18-21(19,20)13-4-2-10(15)6-12(13)17/h1-6,18H,7,17H2. The molecule has 0 aliphatic heterocycles. The number of rotatable bonds is 4. The highest BCUT2D eigenvalue weighted by Crippen LogP contribution is 2.20. The Morgan fingerprint density at radius 1 is 1.14 bits per heavy atom. The van der Waals surface area contributed by atoms with Gasteiger partial charge in [0.1, 0.15) is 16.5 Å². The number of anilines is 1. The van der Waals surface area contributed by atoms with E-state index in [1.165, 1.54) is 18.2 Å². The van der Waals surface area contributed by atoms with E-state index in [0.717, 1.165) is 18.2 Å². The molecule has 0 aliphatic carbocycles. The van der Waals surface area contributed by atoms with E-state index in [9.17, 15) is 17.2 Å². The van der Waals surface area contributed by atoms with Crippen molar-refractivity contribution in [3.63, 3.8) is 0 Å². The number of sulfonamides is 1. The average molecular weight is 377 g/mol. The average Bonchev–Trinajstić information content (AvgIpc) is 2.39. The van der Waals surface area contributed by atoms with E-state index in [2.05, 4.69) is 20.7 Å². The summed E-state index contributed by atoms with van der Waals surface area (Å²) in [7, 11) is -3.96. The van der Waals surface area contributed by atoms with Crippen molar-refractivity contribution in [2.45, 2.75) is 11.4 Å². The van der Waals surface area contributed by atoms with E-state index >= 15 is 0 Å². The molecule has 2 rings (SSSR count). The van der Waals surface area contributed by atoms with Gasteiger partial charge in [0.05, 0.1) is 5.69 Å². The Kier molecular flexibility index (Phi) is 4.60. The molecule has 21 heavy (non-hydrogen) atoms. The fourth-order valence-corrected chi connectivity index (χ4v) is 3.22.